The van der Waals surface area contributed by atoms with Crippen molar-refractivity contribution >= 4 is 52.2 Å². The van der Waals surface area contributed by atoms with Crippen LogP contribution in [0, 0.1) is 10.1 Å². The number of nitro benzene ring substituents is 1. The zero-order valence-corrected chi connectivity index (χ0v) is 22.1. The first-order chi connectivity index (χ1) is 17.9. The molecule has 0 saturated heterocycles. The zero-order chi connectivity index (χ0) is 25.7. The number of thioether (sulfide) groups is 1. The molecule has 0 bridgehead atoms. The summed E-state index contributed by atoms with van der Waals surface area (Å²) < 4.78 is 2.25. The maximum absolute atomic E-state index is 13.8. The maximum Gasteiger partial charge on any atom is 0.288 e. The number of aromatic nitrogens is 1. The molecule has 2 aliphatic rings. The highest BCUT2D eigenvalue weighted by atomic mass is 35.5. The second kappa shape index (κ2) is 9.45. The Labute approximate surface area is 225 Å². The highest BCUT2D eigenvalue weighted by molar-refractivity contribution is 7.98. The smallest absolute Gasteiger partial charge is 0.272 e. The zero-order valence-electron chi connectivity index (χ0n) is 19.7. The van der Waals surface area contributed by atoms with Gasteiger partial charge in [-0.05, 0) is 65.6 Å². The SMILES string of the molecule is CSc1ccc(C2C3=C(N=c4sc(=Cc5ccc(Cl)c([N+](=O)[O-])c5)c(=O)n42)c2ccccc2CC3)cc1. The van der Waals surface area contributed by atoms with Gasteiger partial charge in [0, 0.05) is 16.5 Å². The Kier molecular flexibility index (Phi) is 6.10. The van der Waals surface area contributed by atoms with E-state index >= 15 is 0 Å². The summed E-state index contributed by atoms with van der Waals surface area (Å²) in [5, 5.41) is 11.4. The molecule has 0 N–H and O–H groups in total. The molecule has 0 saturated carbocycles. The van der Waals surface area contributed by atoms with Crippen molar-refractivity contribution in [2.75, 3.05) is 6.26 Å². The van der Waals surface area contributed by atoms with Crippen molar-refractivity contribution in [1.82, 2.24) is 4.57 Å². The number of allylic oxidation sites excluding steroid dienone is 1. The predicted molar refractivity (Wildman–Crippen MR) is 149 cm³/mol. The van der Waals surface area contributed by atoms with Crippen molar-refractivity contribution in [1.29, 1.82) is 0 Å². The van der Waals surface area contributed by atoms with Crippen LogP contribution in [0.4, 0.5) is 5.69 Å². The van der Waals surface area contributed by atoms with Crippen LogP contribution in [0.1, 0.15) is 34.7 Å². The van der Waals surface area contributed by atoms with Crippen molar-refractivity contribution < 1.29 is 4.92 Å². The van der Waals surface area contributed by atoms with Crippen LogP contribution in [0.25, 0.3) is 11.8 Å². The number of thiazole rings is 1. The van der Waals surface area contributed by atoms with Gasteiger partial charge in [-0.3, -0.25) is 19.5 Å². The monoisotopic (exact) mass is 545 g/mol. The van der Waals surface area contributed by atoms with Crippen LogP contribution in [0.5, 0.6) is 0 Å². The molecule has 1 aromatic heterocycles. The Bertz CT molecular complexity index is 1790. The topological polar surface area (TPSA) is 77.5 Å². The molecule has 1 aliphatic heterocycles. The van der Waals surface area contributed by atoms with Crippen LogP contribution >= 0.6 is 34.7 Å². The summed E-state index contributed by atoms with van der Waals surface area (Å²) in [5.74, 6) is 0. The van der Waals surface area contributed by atoms with Gasteiger partial charge in [-0.1, -0.05) is 65.4 Å². The fraction of sp³-hybridized carbons (Fsp3) is 0.143. The van der Waals surface area contributed by atoms with Crippen LogP contribution in [0.15, 0.2) is 87.0 Å². The minimum atomic E-state index is -0.523. The van der Waals surface area contributed by atoms with Crippen molar-refractivity contribution in [3.63, 3.8) is 0 Å². The third-order valence-corrected chi connectivity index (χ3v) is 8.82. The molecule has 9 heteroatoms. The Morgan fingerprint density at radius 2 is 1.92 bits per heavy atom. The number of halogens is 1. The Morgan fingerprint density at radius 1 is 1.14 bits per heavy atom. The van der Waals surface area contributed by atoms with Gasteiger partial charge in [0.15, 0.2) is 4.80 Å². The van der Waals surface area contributed by atoms with Crippen molar-refractivity contribution in [2.24, 2.45) is 4.99 Å². The van der Waals surface area contributed by atoms with E-state index < -0.39 is 4.92 Å². The van der Waals surface area contributed by atoms with Crippen LogP contribution in [0.2, 0.25) is 5.02 Å². The number of nitro groups is 1. The summed E-state index contributed by atoms with van der Waals surface area (Å²) in [6.07, 6.45) is 5.43. The summed E-state index contributed by atoms with van der Waals surface area (Å²) in [5.41, 5.74) is 5.67. The highest BCUT2D eigenvalue weighted by Crippen LogP contribution is 2.41. The van der Waals surface area contributed by atoms with E-state index in [2.05, 4.69) is 36.4 Å². The summed E-state index contributed by atoms with van der Waals surface area (Å²) in [6.45, 7) is 0. The number of fused-ring (bicyclic) bond motifs is 3. The van der Waals surface area contributed by atoms with Gasteiger partial charge in [0.05, 0.1) is 21.2 Å². The average Bonchev–Trinajstić information content (AvgIpc) is 3.22. The van der Waals surface area contributed by atoms with E-state index in [-0.39, 0.29) is 22.3 Å². The summed E-state index contributed by atoms with van der Waals surface area (Å²) >= 11 is 8.96. The first-order valence-electron chi connectivity index (χ1n) is 11.7. The molecule has 2 heterocycles. The molecule has 4 aromatic rings. The molecule has 1 atom stereocenters. The van der Waals surface area contributed by atoms with Crippen LogP contribution < -0.4 is 14.9 Å². The quantitative estimate of drug-likeness (QED) is 0.190. The van der Waals surface area contributed by atoms with Gasteiger partial charge in [0.1, 0.15) is 5.02 Å². The van der Waals surface area contributed by atoms with Gasteiger partial charge in [-0.25, -0.2) is 4.99 Å². The lowest BCUT2D eigenvalue weighted by Crippen LogP contribution is -2.38. The average molecular weight is 546 g/mol. The Hall–Kier alpha value is -3.46. The van der Waals surface area contributed by atoms with Crippen molar-refractivity contribution in [3.05, 3.63) is 129 Å². The molecule has 184 valence electrons. The van der Waals surface area contributed by atoms with Crippen molar-refractivity contribution in [3.8, 4) is 0 Å². The number of nitrogens with zero attached hydrogens (tertiary/aromatic N) is 3. The predicted octanol–water partition coefficient (Wildman–Crippen LogP) is 5.60. The number of hydrogen-bond donors (Lipinski definition) is 0. The second-order valence-electron chi connectivity index (χ2n) is 8.85. The molecule has 1 unspecified atom stereocenters. The normalized spacial score (nSPS) is 16.6. The number of aryl methyl sites for hydroxylation is 1. The largest absolute Gasteiger partial charge is 0.288 e. The van der Waals surface area contributed by atoms with E-state index in [1.54, 1.807) is 28.5 Å². The first-order valence-corrected chi connectivity index (χ1v) is 14.1. The number of benzene rings is 3. The molecule has 6 rings (SSSR count). The third-order valence-electron chi connectivity index (χ3n) is 6.77. The minimum absolute atomic E-state index is 0.0589. The molecule has 0 amide bonds. The molecule has 0 radical (unpaired) electrons. The summed E-state index contributed by atoms with van der Waals surface area (Å²) in [6, 6.07) is 20.9. The van der Waals surface area contributed by atoms with E-state index in [4.69, 9.17) is 16.6 Å². The Morgan fingerprint density at radius 3 is 2.68 bits per heavy atom. The number of hydrogen-bond acceptors (Lipinski definition) is 6. The van der Waals surface area contributed by atoms with Crippen LogP contribution in [0.3, 0.4) is 0 Å². The lowest BCUT2D eigenvalue weighted by Gasteiger charge is -2.30. The molecule has 0 fully saturated rings. The fourth-order valence-electron chi connectivity index (χ4n) is 5.02. The lowest BCUT2D eigenvalue weighted by atomic mass is 9.83. The first kappa shape index (κ1) is 23.9. The van der Waals surface area contributed by atoms with Gasteiger partial charge in [0.25, 0.3) is 11.2 Å². The van der Waals surface area contributed by atoms with Crippen LogP contribution in [-0.2, 0) is 6.42 Å². The Balaban J connectivity index is 1.59. The van der Waals surface area contributed by atoms with Gasteiger partial charge in [-0.2, -0.15) is 0 Å². The van der Waals surface area contributed by atoms with Crippen molar-refractivity contribution in [2.45, 2.75) is 23.8 Å². The van der Waals surface area contributed by atoms with E-state index in [0.717, 1.165) is 40.1 Å². The standard InChI is InChI=1S/C28H20ClN3O3S2/c1-36-19-10-7-18(8-11-19)26-21-12-9-17-4-2-3-5-20(17)25(21)30-28-31(26)27(33)24(37-28)15-16-6-13-22(29)23(14-16)32(34)35/h2-8,10-11,13-15,26H,9,12H2,1H3. The molecule has 3 aromatic carbocycles. The number of rotatable bonds is 4. The van der Waals surface area contributed by atoms with Gasteiger partial charge < -0.3 is 0 Å². The molecule has 1 aliphatic carbocycles. The fourth-order valence-corrected chi connectivity index (χ4v) is 6.62. The molecule has 6 nitrogen and oxygen atoms in total. The molecule has 0 spiro atoms. The maximum atomic E-state index is 13.8. The molecular formula is C28H20ClN3O3S2. The highest BCUT2D eigenvalue weighted by Gasteiger charge is 2.32. The van der Waals surface area contributed by atoms with Gasteiger partial charge >= 0.3 is 0 Å². The van der Waals surface area contributed by atoms with E-state index in [1.165, 1.54) is 29.0 Å². The molecule has 37 heavy (non-hydrogen) atoms. The van der Waals surface area contributed by atoms with E-state index in [0.29, 0.717) is 14.9 Å². The minimum Gasteiger partial charge on any atom is -0.272 e. The summed E-state index contributed by atoms with van der Waals surface area (Å²) in [4.78, 5) is 31.5. The van der Waals surface area contributed by atoms with E-state index in [9.17, 15) is 14.9 Å². The van der Waals surface area contributed by atoms with Gasteiger partial charge in [0.2, 0.25) is 0 Å². The van der Waals surface area contributed by atoms with Crippen LogP contribution in [-0.4, -0.2) is 15.7 Å². The third kappa shape index (κ3) is 4.15. The van der Waals surface area contributed by atoms with E-state index in [1.807, 2.05) is 18.4 Å². The summed E-state index contributed by atoms with van der Waals surface area (Å²) in [7, 11) is 0. The lowest BCUT2D eigenvalue weighted by molar-refractivity contribution is -0.384. The van der Waals surface area contributed by atoms with Gasteiger partial charge in [-0.15, -0.1) is 11.8 Å². The molecular weight excluding hydrogens is 526 g/mol. The second-order valence-corrected chi connectivity index (χ2v) is 11.2.